The third-order valence-corrected chi connectivity index (χ3v) is 3.06. The highest BCUT2D eigenvalue weighted by Crippen LogP contribution is 2.31. The first-order valence-corrected chi connectivity index (χ1v) is 5.77. The second-order valence-electron chi connectivity index (χ2n) is 3.85. The predicted molar refractivity (Wildman–Crippen MR) is 60.8 cm³/mol. The zero-order chi connectivity index (χ0) is 10.8. The molecule has 0 aliphatic heterocycles. The molecule has 0 heterocycles. The molecule has 0 unspecified atom stereocenters. The van der Waals surface area contributed by atoms with Gasteiger partial charge in [0.15, 0.2) is 5.78 Å². The van der Waals surface area contributed by atoms with Crippen LogP contribution < -0.4 is 0 Å². The number of Topliss-reactive ketones (excluding diaryl/α,β-unsaturated/α-hetero) is 2. The molecule has 0 saturated heterocycles. The monoisotopic (exact) mass is 266 g/mol. The summed E-state index contributed by atoms with van der Waals surface area (Å²) in [5, 5.41) is 0. The molecular formula is C12H11BrO2. The zero-order valence-corrected chi connectivity index (χ0v) is 9.79. The van der Waals surface area contributed by atoms with E-state index in [1.807, 2.05) is 12.1 Å². The van der Waals surface area contributed by atoms with Gasteiger partial charge in [0.05, 0.1) is 6.42 Å². The fraction of sp³-hybridized carbons (Fsp3) is 0.333. The Morgan fingerprint density at radius 1 is 1.20 bits per heavy atom. The third kappa shape index (κ3) is 2.75. The summed E-state index contributed by atoms with van der Waals surface area (Å²) in [4.78, 5) is 23.1. The highest BCUT2D eigenvalue weighted by Gasteiger charge is 2.30. The highest BCUT2D eigenvalue weighted by molar-refractivity contribution is 9.10. The molecule has 15 heavy (non-hydrogen) atoms. The van der Waals surface area contributed by atoms with Gasteiger partial charge in [-0.25, -0.2) is 0 Å². The lowest BCUT2D eigenvalue weighted by molar-refractivity contribution is -0.119. The number of carbonyl (C=O) groups is 2. The van der Waals surface area contributed by atoms with Crippen molar-refractivity contribution in [3.63, 3.8) is 0 Å². The minimum absolute atomic E-state index is 0.0618. The Balaban J connectivity index is 2.00. The van der Waals surface area contributed by atoms with Gasteiger partial charge in [0.25, 0.3) is 0 Å². The van der Waals surface area contributed by atoms with E-state index in [-0.39, 0.29) is 23.9 Å². The number of ketones is 2. The Bertz CT molecular complexity index is 391. The van der Waals surface area contributed by atoms with E-state index in [1.165, 1.54) is 0 Å². The van der Waals surface area contributed by atoms with Crippen LogP contribution in [0.4, 0.5) is 0 Å². The van der Waals surface area contributed by atoms with Gasteiger partial charge in [-0.3, -0.25) is 9.59 Å². The summed E-state index contributed by atoms with van der Waals surface area (Å²) in [7, 11) is 0. The average molecular weight is 267 g/mol. The van der Waals surface area contributed by atoms with Crippen LogP contribution in [-0.2, 0) is 4.79 Å². The molecule has 2 rings (SSSR count). The van der Waals surface area contributed by atoms with Crippen molar-refractivity contribution in [3.8, 4) is 0 Å². The van der Waals surface area contributed by atoms with Crippen LogP contribution in [0.2, 0.25) is 0 Å². The Hall–Kier alpha value is -0.960. The standard InChI is InChI=1S/C12H11BrO2/c13-10-5-3-9(4-6-10)12(15)7-11(14)8-1-2-8/h3-6,8H,1-2,7H2. The van der Waals surface area contributed by atoms with Gasteiger partial charge in [-0.2, -0.15) is 0 Å². The summed E-state index contributed by atoms with van der Waals surface area (Å²) < 4.78 is 0.938. The number of benzene rings is 1. The van der Waals surface area contributed by atoms with Gasteiger partial charge < -0.3 is 0 Å². The fourth-order valence-corrected chi connectivity index (χ4v) is 1.71. The van der Waals surface area contributed by atoms with Gasteiger partial charge in [-0.05, 0) is 25.0 Å². The minimum atomic E-state index is -0.0700. The first-order valence-electron chi connectivity index (χ1n) is 4.98. The largest absolute Gasteiger partial charge is 0.299 e. The van der Waals surface area contributed by atoms with Crippen LogP contribution in [-0.4, -0.2) is 11.6 Å². The molecule has 1 fully saturated rings. The van der Waals surface area contributed by atoms with Crippen molar-refractivity contribution < 1.29 is 9.59 Å². The van der Waals surface area contributed by atoms with Crippen LogP contribution in [0.5, 0.6) is 0 Å². The fourth-order valence-electron chi connectivity index (χ4n) is 1.45. The van der Waals surface area contributed by atoms with Gasteiger partial charge in [-0.1, -0.05) is 28.1 Å². The molecule has 0 radical (unpaired) electrons. The molecule has 1 aliphatic carbocycles. The van der Waals surface area contributed by atoms with E-state index < -0.39 is 0 Å². The van der Waals surface area contributed by atoms with E-state index in [1.54, 1.807) is 12.1 Å². The molecule has 0 atom stereocenters. The first kappa shape index (κ1) is 10.6. The Morgan fingerprint density at radius 2 is 1.80 bits per heavy atom. The Kier molecular flexibility index (Phi) is 3.00. The SMILES string of the molecule is O=C(CC(=O)C1CC1)c1ccc(Br)cc1. The second-order valence-corrected chi connectivity index (χ2v) is 4.76. The number of hydrogen-bond donors (Lipinski definition) is 0. The molecule has 1 aliphatic rings. The maximum atomic E-state index is 11.7. The van der Waals surface area contributed by atoms with Gasteiger partial charge in [0, 0.05) is 16.0 Å². The van der Waals surface area contributed by atoms with Crippen LogP contribution in [0.25, 0.3) is 0 Å². The van der Waals surface area contributed by atoms with Crippen LogP contribution in [0, 0.1) is 5.92 Å². The van der Waals surface area contributed by atoms with Gasteiger partial charge in [-0.15, -0.1) is 0 Å². The van der Waals surface area contributed by atoms with E-state index in [9.17, 15) is 9.59 Å². The molecule has 78 valence electrons. The summed E-state index contributed by atoms with van der Waals surface area (Å²) in [6, 6.07) is 7.11. The van der Waals surface area contributed by atoms with Crippen molar-refractivity contribution in [2.45, 2.75) is 19.3 Å². The van der Waals surface area contributed by atoms with E-state index in [4.69, 9.17) is 0 Å². The van der Waals surface area contributed by atoms with Crippen molar-refractivity contribution in [1.29, 1.82) is 0 Å². The molecule has 1 aromatic rings. The first-order chi connectivity index (χ1) is 7.16. The smallest absolute Gasteiger partial charge is 0.170 e. The molecule has 1 aromatic carbocycles. The lowest BCUT2D eigenvalue weighted by Gasteiger charge is -1.99. The molecule has 0 N–H and O–H groups in total. The highest BCUT2D eigenvalue weighted by atomic mass is 79.9. The quantitative estimate of drug-likeness (QED) is 0.620. The summed E-state index contributed by atoms with van der Waals surface area (Å²) >= 11 is 3.30. The summed E-state index contributed by atoms with van der Waals surface area (Å²) in [6.45, 7) is 0. The van der Waals surface area contributed by atoms with Gasteiger partial charge in [0.1, 0.15) is 5.78 Å². The zero-order valence-electron chi connectivity index (χ0n) is 8.20. The molecule has 3 heteroatoms. The summed E-state index contributed by atoms with van der Waals surface area (Å²) in [5.74, 6) is 0.201. The molecular weight excluding hydrogens is 256 g/mol. The molecule has 0 spiro atoms. The predicted octanol–water partition coefficient (Wildman–Crippen LogP) is 3.00. The number of hydrogen-bond acceptors (Lipinski definition) is 2. The van der Waals surface area contributed by atoms with Crippen molar-refractivity contribution in [2.24, 2.45) is 5.92 Å². The minimum Gasteiger partial charge on any atom is -0.299 e. The Labute approximate surface area is 96.8 Å². The number of rotatable bonds is 4. The molecule has 0 bridgehead atoms. The van der Waals surface area contributed by atoms with E-state index in [2.05, 4.69) is 15.9 Å². The van der Waals surface area contributed by atoms with E-state index in [0.717, 1.165) is 17.3 Å². The maximum Gasteiger partial charge on any atom is 0.170 e. The van der Waals surface area contributed by atoms with Crippen LogP contribution in [0.1, 0.15) is 29.6 Å². The third-order valence-electron chi connectivity index (χ3n) is 2.53. The average Bonchev–Trinajstić information content (AvgIpc) is 3.01. The molecule has 0 aromatic heterocycles. The maximum absolute atomic E-state index is 11.7. The lowest BCUT2D eigenvalue weighted by Crippen LogP contribution is -2.09. The van der Waals surface area contributed by atoms with Crippen LogP contribution >= 0.6 is 15.9 Å². The second kappa shape index (κ2) is 4.27. The molecule has 0 amide bonds. The topological polar surface area (TPSA) is 34.1 Å². The van der Waals surface area contributed by atoms with Crippen molar-refractivity contribution in [3.05, 3.63) is 34.3 Å². The normalized spacial score (nSPS) is 15.0. The lowest BCUT2D eigenvalue weighted by atomic mass is 10.0. The molecule has 1 saturated carbocycles. The molecule has 2 nitrogen and oxygen atoms in total. The van der Waals surface area contributed by atoms with Crippen molar-refractivity contribution in [2.75, 3.05) is 0 Å². The number of carbonyl (C=O) groups excluding carboxylic acids is 2. The van der Waals surface area contributed by atoms with Crippen molar-refractivity contribution in [1.82, 2.24) is 0 Å². The Morgan fingerprint density at radius 3 is 2.33 bits per heavy atom. The van der Waals surface area contributed by atoms with E-state index in [0.29, 0.717) is 5.56 Å². The van der Waals surface area contributed by atoms with Gasteiger partial charge in [0.2, 0.25) is 0 Å². The van der Waals surface area contributed by atoms with Crippen LogP contribution in [0.3, 0.4) is 0 Å². The van der Waals surface area contributed by atoms with Crippen molar-refractivity contribution >= 4 is 27.5 Å². The van der Waals surface area contributed by atoms with Crippen LogP contribution in [0.15, 0.2) is 28.7 Å². The summed E-state index contributed by atoms with van der Waals surface area (Å²) in [6.07, 6.45) is 1.99. The van der Waals surface area contributed by atoms with E-state index >= 15 is 0 Å². The summed E-state index contributed by atoms with van der Waals surface area (Å²) in [5.41, 5.74) is 0.618. The van der Waals surface area contributed by atoms with Gasteiger partial charge >= 0.3 is 0 Å². The number of halogens is 1.